The second kappa shape index (κ2) is 6.79. The first-order valence-electron chi connectivity index (χ1n) is 7.29. The van der Waals surface area contributed by atoms with Crippen LogP contribution >= 0.6 is 0 Å². The zero-order valence-corrected chi connectivity index (χ0v) is 11.5. The normalized spacial score (nSPS) is 18.6. The first-order valence-corrected chi connectivity index (χ1v) is 7.29. The van der Waals surface area contributed by atoms with Crippen molar-refractivity contribution in [2.45, 2.75) is 44.6 Å². The van der Waals surface area contributed by atoms with Crippen LogP contribution in [0.15, 0.2) is 30.3 Å². The van der Waals surface area contributed by atoms with Gasteiger partial charge in [0, 0.05) is 25.3 Å². The van der Waals surface area contributed by atoms with Crippen LogP contribution in [0.25, 0.3) is 0 Å². The first-order chi connectivity index (χ1) is 8.81. The molecule has 100 valence electrons. The molecule has 1 aromatic rings. The average molecular weight is 246 g/mol. The highest BCUT2D eigenvalue weighted by Crippen LogP contribution is 2.29. The average Bonchev–Trinajstić information content (AvgIpc) is 2.46. The van der Waals surface area contributed by atoms with E-state index in [0.29, 0.717) is 6.04 Å². The van der Waals surface area contributed by atoms with Crippen molar-refractivity contribution in [1.82, 2.24) is 0 Å². The molecule has 0 amide bonds. The molecule has 18 heavy (non-hydrogen) atoms. The van der Waals surface area contributed by atoms with Crippen LogP contribution in [-0.2, 0) is 0 Å². The number of hydrogen-bond acceptors (Lipinski definition) is 2. The minimum atomic E-state index is 0.482. The Morgan fingerprint density at radius 1 is 1.17 bits per heavy atom. The van der Waals surface area contributed by atoms with Crippen molar-refractivity contribution < 1.29 is 0 Å². The number of hydrogen-bond donors (Lipinski definition) is 1. The molecule has 1 unspecified atom stereocenters. The van der Waals surface area contributed by atoms with Crippen molar-refractivity contribution in [1.29, 1.82) is 0 Å². The lowest BCUT2D eigenvalue weighted by Gasteiger charge is -2.33. The summed E-state index contributed by atoms with van der Waals surface area (Å²) in [6.07, 6.45) is 8.31. The van der Waals surface area contributed by atoms with Crippen LogP contribution in [0.1, 0.15) is 38.5 Å². The van der Waals surface area contributed by atoms with Gasteiger partial charge in [0.15, 0.2) is 0 Å². The topological polar surface area (TPSA) is 29.3 Å². The van der Waals surface area contributed by atoms with Crippen LogP contribution in [0.4, 0.5) is 5.69 Å². The smallest absolute Gasteiger partial charge is 0.0411 e. The van der Waals surface area contributed by atoms with Crippen molar-refractivity contribution >= 4 is 5.69 Å². The fraction of sp³-hybridized carbons (Fsp3) is 0.625. The van der Waals surface area contributed by atoms with E-state index in [9.17, 15) is 0 Å². The molecule has 0 radical (unpaired) electrons. The lowest BCUT2D eigenvalue weighted by atomic mass is 9.84. The summed E-state index contributed by atoms with van der Waals surface area (Å²) in [4.78, 5) is 2.36. The summed E-state index contributed by atoms with van der Waals surface area (Å²) in [5.74, 6) is 0.887. The molecule has 2 N–H and O–H groups in total. The monoisotopic (exact) mass is 246 g/mol. The predicted molar refractivity (Wildman–Crippen MR) is 78.9 cm³/mol. The van der Waals surface area contributed by atoms with Crippen molar-refractivity contribution in [2.75, 3.05) is 18.5 Å². The maximum atomic E-state index is 5.99. The fourth-order valence-corrected chi connectivity index (χ4v) is 3.09. The Morgan fingerprint density at radius 3 is 2.44 bits per heavy atom. The molecule has 2 rings (SSSR count). The molecule has 1 saturated carbocycles. The van der Waals surface area contributed by atoms with Crippen LogP contribution in [0.2, 0.25) is 0 Å². The SMILES string of the molecule is CN(c1ccccc1)C(CN)CC1CCCCC1. The zero-order valence-electron chi connectivity index (χ0n) is 11.5. The molecule has 1 aliphatic rings. The number of nitrogens with zero attached hydrogens (tertiary/aromatic N) is 1. The molecule has 1 aliphatic carbocycles. The van der Waals surface area contributed by atoms with Crippen molar-refractivity contribution in [2.24, 2.45) is 11.7 Å². The molecule has 1 atom stereocenters. The molecule has 0 heterocycles. The highest BCUT2D eigenvalue weighted by Gasteiger charge is 2.21. The van der Waals surface area contributed by atoms with Gasteiger partial charge in [-0.1, -0.05) is 50.3 Å². The van der Waals surface area contributed by atoms with E-state index in [4.69, 9.17) is 5.73 Å². The van der Waals surface area contributed by atoms with E-state index < -0.39 is 0 Å². The van der Waals surface area contributed by atoms with Gasteiger partial charge in [0.1, 0.15) is 0 Å². The van der Waals surface area contributed by atoms with Gasteiger partial charge >= 0.3 is 0 Å². The summed E-state index contributed by atoms with van der Waals surface area (Å²) in [5.41, 5.74) is 7.27. The van der Waals surface area contributed by atoms with Gasteiger partial charge < -0.3 is 10.6 Å². The third-order valence-corrected chi connectivity index (χ3v) is 4.31. The van der Waals surface area contributed by atoms with Gasteiger partial charge in [0.25, 0.3) is 0 Å². The number of benzene rings is 1. The number of anilines is 1. The summed E-state index contributed by atoms with van der Waals surface area (Å²) in [5, 5.41) is 0. The second-order valence-electron chi connectivity index (χ2n) is 5.58. The molecule has 0 aromatic heterocycles. The standard InChI is InChI=1S/C16H26N2/c1-18(15-10-6-3-7-11-15)16(13-17)12-14-8-4-2-5-9-14/h3,6-7,10-11,14,16H,2,4-5,8-9,12-13,17H2,1H3. The molecule has 0 spiro atoms. The van der Waals surface area contributed by atoms with Crippen LogP contribution in [0.5, 0.6) is 0 Å². The molecule has 0 aliphatic heterocycles. The Labute approximate surface area is 111 Å². The molecule has 0 bridgehead atoms. The van der Waals surface area contributed by atoms with Crippen LogP contribution < -0.4 is 10.6 Å². The van der Waals surface area contributed by atoms with E-state index in [-0.39, 0.29) is 0 Å². The summed E-state index contributed by atoms with van der Waals surface area (Å²) in [6.45, 7) is 0.752. The molecule has 1 fully saturated rings. The van der Waals surface area contributed by atoms with Crippen LogP contribution in [0.3, 0.4) is 0 Å². The number of rotatable bonds is 5. The van der Waals surface area contributed by atoms with Gasteiger partial charge in [-0.15, -0.1) is 0 Å². The molecular formula is C16H26N2. The molecule has 2 nitrogen and oxygen atoms in total. The summed E-state index contributed by atoms with van der Waals surface area (Å²) < 4.78 is 0. The third-order valence-electron chi connectivity index (χ3n) is 4.31. The zero-order chi connectivity index (χ0) is 12.8. The van der Waals surface area contributed by atoms with E-state index >= 15 is 0 Å². The van der Waals surface area contributed by atoms with Crippen molar-refractivity contribution in [3.05, 3.63) is 30.3 Å². The van der Waals surface area contributed by atoms with Gasteiger partial charge in [0.05, 0.1) is 0 Å². The fourth-order valence-electron chi connectivity index (χ4n) is 3.09. The lowest BCUT2D eigenvalue weighted by Crippen LogP contribution is -2.39. The maximum Gasteiger partial charge on any atom is 0.0411 e. The minimum absolute atomic E-state index is 0.482. The Bertz CT molecular complexity index is 330. The quantitative estimate of drug-likeness (QED) is 0.862. The molecular weight excluding hydrogens is 220 g/mol. The first kappa shape index (κ1) is 13.4. The Hall–Kier alpha value is -1.02. The molecule has 1 aromatic carbocycles. The Balaban J connectivity index is 1.95. The highest BCUT2D eigenvalue weighted by molar-refractivity contribution is 5.46. The largest absolute Gasteiger partial charge is 0.370 e. The minimum Gasteiger partial charge on any atom is -0.370 e. The van der Waals surface area contributed by atoms with Gasteiger partial charge in [0.2, 0.25) is 0 Å². The molecule has 2 heteroatoms. The summed E-state index contributed by atoms with van der Waals surface area (Å²) >= 11 is 0. The summed E-state index contributed by atoms with van der Waals surface area (Å²) in [6, 6.07) is 11.1. The lowest BCUT2D eigenvalue weighted by molar-refractivity contribution is 0.316. The van der Waals surface area contributed by atoms with Crippen molar-refractivity contribution in [3.8, 4) is 0 Å². The highest BCUT2D eigenvalue weighted by atomic mass is 15.1. The van der Waals surface area contributed by atoms with E-state index in [1.807, 2.05) is 0 Å². The van der Waals surface area contributed by atoms with Gasteiger partial charge in [-0.05, 0) is 24.5 Å². The Morgan fingerprint density at radius 2 is 1.83 bits per heavy atom. The summed E-state index contributed by atoms with van der Waals surface area (Å²) in [7, 11) is 2.18. The van der Waals surface area contributed by atoms with Crippen LogP contribution in [-0.4, -0.2) is 19.6 Å². The van der Waals surface area contributed by atoms with E-state index in [1.54, 1.807) is 0 Å². The predicted octanol–water partition coefficient (Wildman–Crippen LogP) is 3.42. The second-order valence-corrected chi connectivity index (χ2v) is 5.58. The van der Waals surface area contributed by atoms with Crippen molar-refractivity contribution in [3.63, 3.8) is 0 Å². The van der Waals surface area contributed by atoms with Gasteiger partial charge in [-0.25, -0.2) is 0 Å². The maximum absolute atomic E-state index is 5.99. The van der Waals surface area contributed by atoms with E-state index in [1.165, 1.54) is 44.2 Å². The third kappa shape index (κ3) is 3.49. The van der Waals surface area contributed by atoms with E-state index in [2.05, 4.69) is 42.3 Å². The Kier molecular flexibility index (Phi) is 5.06. The number of nitrogens with two attached hydrogens (primary N) is 1. The van der Waals surface area contributed by atoms with Gasteiger partial charge in [-0.2, -0.15) is 0 Å². The number of likely N-dealkylation sites (N-methyl/N-ethyl adjacent to an activating group) is 1. The number of para-hydroxylation sites is 1. The van der Waals surface area contributed by atoms with Crippen LogP contribution in [0, 0.1) is 5.92 Å². The molecule has 0 saturated heterocycles. The van der Waals surface area contributed by atoms with Gasteiger partial charge in [-0.3, -0.25) is 0 Å². The van der Waals surface area contributed by atoms with E-state index in [0.717, 1.165) is 12.5 Å².